The van der Waals surface area contributed by atoms with Gasteiger partial charge in [-0.25, -0.2) is 9.78 Å². The molecule has 0 aliphatic heterocycles. The van der Waals surface area contributed by atoms with Crippen LogP contribution in [0, 0.1) is 0 Å². The fourth-order valence-electron chi connectivity index (χ4n) is 4.48. The smallest absolute Gasteiger partial charge is 0.337 e. The van der Waals surface area contributed by atoms with Gasteiger partial charge in [0.25, 0.3) is 5.91 Å². The first kappa shape index (κ1) is 17.7. The van der Waals surface area contributed by atoms with Gasteiger partial charge in [0.2, 0.25) is 0 Å². The maximum atomic E-state index is 12.8. The van der Waals surface area contributed by atoms with Crippen LogP contribution >= 0.6 is 0 Å². The van der Waals surface area contributed by atoms with Crippen LogP contribution in [0.25, 0.3) is 0 Å². The van der Waals surface area contributed by atoms with Gasteiger partial charge >= 0.3 is 5.97 Å². The molecule has 0 bridgehead atoms. The van der Waals surface area contributed by atoms with Gasteiger partial charge in [0, 0.05) is 11.8 Å². The molecule has 1 aromatic heterocycles. The van der Waals surface area contributed by atoms with Gasteiger partial charge in [0.15, 0.2) is 0 Å². The second-order valence-electron chi connectivity index (χ2n) is 7.59. The van der Waals surface area contributed by atoms with Gasteiger partial charge in [-0.3, -0.25) is 4.79 Å². The zero-order chi connectivity index (χ0) is 18.8. The topological polar surface area (TPSA) is 79.3 Å². The Morgan fingerprint density at radius 1 is 0.963 bits per heavy atom. The second-order valence-corrected chi connectivity index (χ2v) is 7.59. The number of pyridine rings is 1. The van der Waals surface area contributed by atoms with E-state index in [1.807, 2.05) is 0 Å². The molecule has 0 atom stereocenters. The average molecular weight is 364 g/mol. The Hall–Kier alpha value is -2.69. The van der Waals surface area contributed by atoms with Gasteiger partial charge in [0.1, 0.15) is 5.82 Å². The van der Waals surface area contributed by atoms with Crippen molar-refractivity contribution in [3.8, 4) is 0 Å². The zero-order valence-corrected chi connectivity index (χ0v) is 15.3. The average Bonchev–Trinajstić information content (AvgIpc) is 3.00. The van der Waals surface area contributed by atoms with Crippen molar-refractivity contribution in [2.45, 2.75) is 57.3 Å². The Morgan fingerprint density at radius 3 is 2.19 bits per heavy atom. The lowest BCUT2D eigenvalue weighted by atomic mass is 9.86. The summed E-state index contributed by atoms with van der Waals surface area (Å²) in [5, 5.41) is 11.8. The number of nitrogens with zero attached hydrogens (tertiary/aromatic N) is 1. The lowest BCUT2D eigenvalue weighted by molar-refractivity contribution is 0.0696. The number of hydrogen-bond donors (Lipinski definition) is 2. The molecular formula is C22H24N2O3. The molecule has 5 heteroatoms. The summed E-state index contributed by atoms with van der Waals surface area (Å²) in [4.78, 5) is 27.8. The van der Waals surface area contributed by atoms with Crippen molar-refractivity contribution in [1.29, 1.82) is 0 Å². The summed E-state index contributed by atoms with van der Waals surface area (Å²) >= 11 is 0. The van der Waals surface area contributed by atoms with Crippen LogP contribution in [0.2, 0.25) is 0 Å². The highest BCUT2D eigenvalue weighted by Crippen LogP contribution is 2.39. The van der Waals surface area contributed by atoms with Crippen LogP contribution in [0.4, 0.5) is 5.82 Å². The Morgan fingerprint density at radius 2 is 1.63 bits per heavy atom. The molecular weight excluding hydrogens is 340 g/mol. The van der Waals surface area contributed by atoms with Crippen LogP contribution in [0.3, 0.4) is 0 Å². The van der Waals surface area contributed by atoms with Gasteiger partial charge in [-0.1, -0.05) is 12.8 Å². The van der Waals surface area contributed by atoms with E-state index in [4.69, 9.17) is 5.11 Å². The Labute approximate surface area is 158 Å². The highest BCUT2D eigenvalue weighted by Gasteiger charge is 2.25. The summed E-state index contributed by atoms with van der Waals surface area (Å²) in [6, 6.07) is 7.09. The van der Waals surface area contributed by atoms with Crippen molar-refractivity contribution in [2.75, 3.05) is 5.32 Å². The number of amides is 1. The first-order valence-corrected chi connectivity index (χ1v) is 9.78. The standard InChI is InChI=1S/C22H24N2O3/c25-21(24-19-10-9-17(13-23-19)22(26)27)18-11-15-7-3-1-5-14-6-2-4-8-16(12-18)20(14)15/h9-14H,1-8H2,(H,26,27)(H,23,24,25). The minimum Gasteiger partial charge on any atom is -0.478 e. The Balaban J connectivity index is 1.62. The summed E-state index contributed by atoms with van der Waals surface area (Å²) in [6.45, 7) is 0. The van der Waals surface area contributed by atoms with Gasteiger partial charge in [-0.15, -0.1) is 0 Å². The van der Waals surface area contributed by atoms with Crippen molar-refractivity contribution >= 4 is 17.7 Å². The summed E-state index contributed by atoms with van der Waals surface area (Å²) < 4.78 is 0. The van der Waals surface area contributed by atoms with Crippen molar-refractivity contribution < 1.29 is 14.7 Å². The molecule has 140 valence electrons. The molecule has 2 aromatic rings. The second kappa shape index (κ2) is 7.51. The maximum absolute atomic E-state index is 12.8. The van der Waals surface area contributed by atoms with Gasteiger partial charge in [0.05, 0.1) is 5.56 Å². The molecule has 0 radical (unpaired) electrons. The van der Waals surface area contributed by atoms with Crippen molar-refractivity contribution in [2.24, 2.45) is 0 Å². The number of anilines is 1. The third-order valence-corrected chi connectivity index (χ3v) is 5.77. The number of carboxylic acid groups (broad SMARTS) is 1. The van der Waals surface area contributed by atoms with E-state index in [0.717, 1.165) is 12.8 Å². The maximum Gasteiger partial charge on any atom is 0.337 e. The predicted molar refractivity (Wildman–Crippen MR) is 103 cm³/mol. The molecule has 2 aliphatic carbocycles. The third kappa shape index (κ3) is 3.72. The summed E-state index contributed by atoms with van der Waals surface area (Å²) in [5.74, 6) is -0.198. The van der Waals surface area contributed by atoms with Crippen LogP contribution in [-0.4, -0.2) is 22.0 Å². The number of carboxylic acids is 1. The molecule has 4 rings (SSSR count). The molecule has 0 saturated carbocycles. The monoisotopic (exact) mass is 364 g/mol. The molecule has 1 aromatic carbocycles. The van der Waals surface area contributed by atoms with E-state index in [1.165, 1.54) is 73.5 Å². The summed E-state index contributed by atoms with van der Waals surface area (Å²) in [6.07, 6.45) is 10.8. The van der Waals surface area contributed by atoms with Crippen molar-refractivity contribution in [3.63, 3.8) is 0 Å². The number of benzene rings is 1. The fourth-order valence-corrected chi connectivity index (χ4v) is 4.48. The molecule has 1 heterocycles. The van der Waals surface area contributed by atoms with E-state index in [0.29, 0.717) is 17.3 Å². The Kier molecular flexibility index (Phi) is 4.92. The number of carbonyl (C=O) groups excluding carboxylic acids is 1. The number of aromatic nitrogens is 1. The molecule has 2 N–H and O–H groups in total. The van der Waals surface area contributed by atoms with Crippen molar-refractivity contribution in [1.82, 2.24) is 4.98 Å². The van der Waals surface area contributed by atoms with E-state index in [9.17, 15) is 9.59 Å². The minimum atomic E-state index is -1.03. The third-order valence-electron chi connectivity index (χ3n) is 5.77. The number of rotatable bonds is 3. The Bertz CT molecular complexity index is 841. The highest BCUT2D eigenvalue weighted by molar-refractivity contribution is 6.04. The molecule has 5 nitrogen and oxygen atoms in total. The molecule has 0 spiro atoms. The van der Waals surface area contributed by atoms with E-state index < -0.39 is 5.97 Å². The SMILES string of the molecule is O=C(O)c1ccc(NC(=O)c2cc3c4c(c2)CCCCC4CCCC3)nc1. The lowest BCUT2D eigenvalue weighted by Crippen LogP contribution is -2.15. The van der Waals surface area contributed by atoms with Crippen LogP contribution in [-0.2, 0) is 12.8 Å². The van der Waals surface area contributed by atoms with Crippen LogP contribution < -0.4 is 5.32 Å². The summed E-state index contributed by atoms with van der Waals surface area (Å²) in [5.41, 5.74) is 4.98. The number of carbonyl (C=O) groups is 2. The van der Waals surface area contributed by atoms with E-state index >= 15 is 0 Å². The van der Waals surface area contributed by atoms with Crippen LogP contribution in [0.1, 0.15) is 81.8 Å². The first-order valence-electron chi connectivity index (χ1n) is 9.78. The van der Waals surface area contributed by atoms with Gasteiger partial charge in [-0.2, -0.15) is 0 Å². The largest absolute Gasteiger partial charge is 0.478 e. The molecule has 0 saturated heterocycles. The zero-order valence-electron chi connectivity index (χ0n) is 15.3. The van der Waals surface area contributed by atoms with Crippen molar-refractivity contribution in [3.05, 3.63) is 58.3 Å². The highest BCUT2D eigenvalue weighted by atomic mass is 16.4. The molecule has 1 amide bonds. The normalized spacial score (nSPS) is 16.7. The molecule has 2 aliphatic rings. The number of nitrogens with one attached hydrogen (secondary N) is 1. The van der Waals surface area contributed by atoms with Crippen LogP contribution in [0.5, 0.6) is 0 Å². The van der Waals surface area contributed by atoms with E-state index in [2.05, 4.69) is 22.4 Å². The summed E-state index contributed by atoms with van der Waals surface area (Å²) in [7, 11) is 0. The number of aryl methyl sites for hydroxylation is 2. The fraction of sp³-hybridized carbons (Fsp3) is 0.409. The predicted octanol–water partition coefficient (Wildman–Crippen LogP) is 4.57. The van der Waals surface area contributed by atoms with E-state index in [1.54, 1.807) is 0 Å². The van der Waals surface area contributed by atoms with Crippen LogP contribution in [0.15, 0.2) is 30.5 Å². The number of aromatic carboxylic acids is 1. The number of hydrogen-bond acceptors (Lipinski definition) is 3. The molecule has 0 unspecified atom stereocenters. The molecule has 0 fully saturated rings. The molecule has 27 heavy (non-hydrogen) atoms. The van der Waals surface area contributed by atoms with E-state index in [-0.39, 0.29) is 11.5 Å². The lowest BCUT2D eigenvalue weighted by Gasteiger charge is -2.19. The first-order chi connectivity index (χ1) is 13.1. The van der Waals surface area contributed by atoms with Gasteiger partial charge < -0.3 is 10.4 Å². The minimum absolute atomic E-state index is 0.102. The quantitative estimate of drug-likeness (QED) is 0.836. The van der Waals surface area contributed by atoms with Gasteiger partial charge in [-0.05, 0) is 85.4 Å².